The van der Waals surface area contributed by atoms with Crippen molar-refractivity contribution in [2.24, 2.45) is 12.9 Å². The highest BCUT2D eigenvalue weighted by Gasteiger charge is 2.08. The fraction of sp³-hybridized carbons (Fsp3) is 0.286. The lowest BCUT2D eigenvalue weighted by Crippen LogP contribution is -2.23. The number of anilines is 1. The molecule has 2 aromatic heterocycles. The Balaban J connectivity index is 2.29. The zero-order chi connectivity index (χ0) is 10.8. The van der Waals surface area contributed by atoms with Gasteiger partial charge in [-0.25, -0.2) is 10.6 Å². The average molecular weight is 226 g/mol. The Morgan fingerprint density at radius 2 is 2.40 bits per heavy atom. The monoisotopic (exact) mass is 226 g/mol. The van der Waals surface area contributed by atoms with Crippen LogP contribution < -0.4 is 17.0 Å². The van der Waals surface area contributed by atoms with Crippen LogP contribution in [0.1, 0.15) is 5.69 Å². The number of imidazole rings is 1. The van der Waals surface area contributed by atoms with Gasteiger partial charge in [-0.2, -0.15) is 0 Å². The second-order valence-electron chi connectivity index (χ2n) is 3.01. The van der Waals surface area contributed by atoms with Crippen LogP contribution in [-0.4, -0.2) is 18.7 Å². The number of nitrogen functional groups attached to an aromatic ring is 1. The van der Waals surface area contributed by atoms with E-state index in [9.17, 15) is 4.79 Å². The van der Waals surface area contributed by atoms with Gasteiger partial charge < -0.3 is 9.99 Å². The van der Waals surface area contributed by atoms with Gasteiger partial charge in [-0.1, -0.05) is 4.49 Å². The Morgan fingerprint density at radius 1 is 1.60 bits per heavy atom. The van der Waals surface area contributed by atoms with Gasteiger partial charge in [-0.05, 0) is 0 Å². The number of rotatable bonds is 3. The van der Waals surface area contributed by atoms with Gasteiger partial charge in [-0.15, -0.1) is 5.10 Å². The topological polar surface area (TPSA) is 90.8 Å². The number of aryl methyl sites for hydroxylation is 1. The molecule has 0 bridgehead atoms. The highest BCUT2D eigenvalue weighted by atomic mass is 32.1. The molecule has 8 heteroatoms. The Hall–Kier alpha value is -1.67. The zero-order valence-electron chi connectivity index (χ0n) is 8.04. The first-order valence-corrected chi connectivity index (χ1v) is 4.99. The molecule has 0 aliphatic carbocycles. The summed E-state index contributed by atoms with van der Waals surface area (Å²) < 4.78 is 6.79. The van der Waals surface area contributed by atoms with E-state index < -0.39 is 0 Å². The predicted molar refractivity (Wildman–Crippen MR) is 56.5 cm³/mol. The SMILES string of the molecule is Cn1ccn(Cc2nnsc2NN)c1=O. The summed E-state index contributed by atoms with van der Waals surface area (Å²) in [6.07, 6.45) is 3.39. The van der Waals surface area contributed by atoms with Crippen LogP contribution in [0.15, 0.2) is 17.2 Å². The van der Waals surface area contributed by atoms with Gasteiger partial charge in [0.15, 0.2) is 0 Å². The summed E-state index contributed by atoms with van der Waals surface area (Å²) in [7, 11) is 1.69. The maximum absolute atomic E-state index is 11.5. The summed E-state index contributed by atoms with van der Waals surface area (Å²) in [6, 6.07) is 0. The van der Waals surface area contributed by atoms with Crippen molar-refractivity contribution in [1.82, 2.24) is 18.7 Å². The normalized spacial score (nSPS) is 10.5. The average Bonchev–Trinajstić information content (AvgIpc) is 2.80. The van der Waals surface area contributed by atoms with Gasteiger partial charge in [0.2, 0.25) is 0 Å². The van der Waals surface area contributed by atoms with Gasteiger partial charge in [-0.3, -0.25) is 4.57 Å². The quantitative estimate of drug-likeness (QED) is 0.537. The molecular formula is C7H10N6OS. The minimum absolute atomic E-state index is 0.0917. The van der Waals surface area contributed by atoms with E-state index in [1.165, 1.54) is 9.13 Å². The molecule has 0 atom stereocenters. The van der Waals surface area contributed by atoms with E-state index in [4.69, 9.17) is 5.84 Å². The van der Waals surface area contributed by atoms with Crippen molar-refractivity contribution in [3.63, 3.8) is 0 Å². The summed E-state index contributed by atoms with van der Waals surface area (Å²) in [4.78, 5) is 11.5. The van der Waals surface area contributed by atoms with Crippen LogP contribution in [0.2, 0.25) is 0 Å². The van der Waals surface area contributed by atoms with Gasteiger partial charge in [0.25, 0.3) is 0 Å². The van der Waals surface area contributed by atoms with E-state index in [-0.39, 0.29) is 5.69 Å². The molecule has 0 fully saturated rings. The minimum atomic E-state index is -0.0917. The molecule has 0 spiro atoms. The number of nitrogens with zero attached hydrogens (tertiary/aromatic N) is 4. The summed E-state index contributed by atoms with van der Waals surface area (Å²) in [5.74, 6) is 5.28. The van der Waals surface area contributed by atoms with Crippen molar-refractivity contribution in [2.45, 2.75) is 6.54 Å². The van der Waals surface area contributed by atoms with E-state index in [1.807, 2.05) is 0 Å². The number of hydrazine groups is 1. The molecule has 15 heavy (non-hydrogen) atoms. The highest BCUT2D eigenvalue weighted by molar-refractivity contribution is 7.10. The third-order valence-electron chi connectivity index (χ3n) is 2.02. The minimum Gasteiger partial charge on any atom is -0.313 e. The summed E-state index contributed by atoms with van der Waals surface area (Å²) in [5, 5.41) is 4.56. The number of hydrogen-bond donors (Lipinski definition) is 2. The summed E-state index contributed by atoms with van der Waals surface area (Å²) in [5.41, 5.74) is 3.06. The second-order valence-corrected chi connectivity index (χ2v) is 3.77. The third-order valence-corrected chi connectivity index (χ3v) is 2.72. The number of nitrogens with one attached hydrogen (secondary N) is 1. The number of aromatic nitrogens is 4. The zero-order valence-corrected chi connectivity index (χ0v) is 8.86. The fourth-order valence-electron chi connectivity index (χ4n) is 1.21. The summed E-state index contributed by atoms with van der Waals surface area (Å²) >= 11 is 1.16. The first-order chi connectivity index (χ1) is 7.22. The number of hydrogen-bond acceptors (Lipinski definition) is 6. The molecule has 2 aromatic rings. The molecule has 3 N–H and O–H groups in total. The molecular weight excluding hydrogens is 216 g/mol. The maximum atomic E-state index is 11.5. The smallest absolute Gasteiger partial charge is 0.313 e. The second kappa shape index (κ2) is 3.83. The lowest BCUT2D eigenvalue weighted by Gasteiger charge is -1.99. The van der Waals surface area contributed by atoms with Crippen molar-refractivity contribution in [3.8, 4) is 0 Å². The molecule has 0 aliphatic heterocycles. The van der Waals surface area contributed by atoms with E-state index in [0.29, 0.717) is 17.2 Å². The molecule has 0 saturated heterocycles. The van der Waals surface area contributed by atoms with Crippen LogP contribution in [0, 0.1) is 0 Å². The van der Waals surface area contributed by atoms with Gasteiger partial charge in [0.1, 0.15) is 10.7 Å². The van der Waals surface area contributed by atoms with E-state index in [1.54, 1.807) is 19.4 Å². The van der Waals surface area contributed by atoms with Crippen LogP contribution in [0.3, 0.4) is 0 Å². The van der Waals surface area contributed by atoms with Crippen LogP contribution >= 0.6 is 11.5 Å². The van der Waals surface area contributed by atoms with Crippen LogP contribution in [0.4, 0.5) is 5.00 Å². The van der Waals surface area contributed by atoms with Gasteiger partial charge >= 0.3 is 5.69 Å². The first kappa shape index (κ1) is 9.87. The lowest BCUT2D eigenvalue weighted by atomic mass is 10.4. The van der Waals surface area contributed by atoms with E-state index >= 15 is 0 Å². The standard InChI is InChI=1S/C7H10N6OS/c1-12-2-3-13(7(12)14)4-5-6(9-8)15-11-10-5/h2-3,9H,4,8H2,1H3. The van der Waals surface area contributed by atoms with Crippen LogP contribution in [0.5, 0.6) is 0 Å². The Labute approximate surface area is 89.3 Å². The largest absolute Gasteiger partial charge is 0.328 e. The molecule has 80 valence electrons. The van der Waals surface area contributed by atoms with Crippen molar-refractivity contribution in [1.29, 1.82) is 0 Å². The molecule has 0 amide bonds. The molecule has 7 nitrogen and oxygen atoms in total. The Kier molecular flexibility index (Phi) is 2.52. The van der Waals surface area contributed by atoms with Crippen molar-refractivity contribution in [2.75, 3.05) is 5.43 Å². The molecule has 2 heterocycles. The van der Waals surface area contributed by atoms with E-state index in [0.717, 1.165) is 11.5 Å². The number of nitrogens with two attached hydrogens (primary N) is 1. The molecule has 0 aliphatic rings. The van der Waals surface area contributed by atoms with Crippen LogP contribution in [-0.2, 0) is 13.6 Å². The van der Waals surface area contributed by atoms with Crippen molar-refractivity contribution >= 4 is 16.5 Å². The molecule has 0 radical (unpaired) electrons. The van der Waals surface area contributed by atoms with Crippen molar-refractivity contribution < 1.29 is 0 Å². The predicted octanol–water partition coefficient (Wildman–Crippen LogP) is -0.628. The van der Waals surface area contributed by atoms with Gasteiger partial charge in [0, 0.05) is 31.0 Å². The Morgan fingerprint density at radius 3 is 3.00 bits per heavy atom. The maximum Gasteiger partial charge on any atom is 0.328 e. The molecule has 2 rings (SSSR count). The molecule has 0 aromatic carbocycles. The molecule has 0 saturated carbocycles. The summed E-state index contributed by atoms with van der Waals surface area (Å²) in [6.45, 7) is 0.371. The third kappa shape index (κ3) is 1.76. The first-order valence-electron chi connectivity index (χ1n) is 4.22. The van der Waals surface area contributed by atoms with Crippen molar-refractivity contribution in [3.05, 3.63) is 28.6 Å². The highest BCUT2D eigenvalue weighted by Crippen LogP contribution is 2.16. The van der Waals surface area contributed by atoms with E-state index in [2.05, 4.69) is 15.0 Å². The Bertz CT molecular complexity index is 512. The van der Waals surface area contributed by atoms with Crippen LogP contribution in [0.25, 0.3) is 0 Å². The van der Waals surface area contributed by atoms with Gasteiger partial charge in [0.05, 0.1) is 6.54 Å². The molecule has 0 unspecified atom stereocenters. The fourth-order valence-corrected chi connectivity index (χ4v) is 1.70. The lowest BCUT2D eigenvalue weighted by molar-refractivity contribution is 0.703.